The Morgan fingerprint density at radius 2 is 2.15 bits per heavy atom. The van der Waals surface area contributed by atoms with Crippen molar-refractivity contribution in [2.45, 2.75) is 44.4 Å². The van der Waals surface area contributed by atoms with E-state index in [4.69, 9.17) is 5.73 Å². The molecule has 0 saturated carbocycles. The summed E-state index contributed by atoms with van der Waals surface area (Å²) in [5, 5.41) is 0.741. The fourth-order valence-corrected chi connectivity index (χ4v) is 5.43. The molecule has 2 rings (SSSR count). The average Bonchev–Trinajstić information content (AvgIpc) is 2.63. The van der Waals surface area contributed by atoms with Gasteiger partial charge in [-0.25, -0.2) is 8.42 Å². The smallest absolute Gasteiger partial charge is 0.185 e. The Hall–Kier alpha value is -0.820. The second-order valence-electron chi connectivity index (χ2n) is 5.54. The zero-order chi connectivity index (χ0) is 14.8. The lowest BCUT2D eigenvalue weighted by molar-refractivity contribution is 0.521. The Bertz CT molecular complexity index is 554. The van der Waals surface area contributed by atoms with Gasteiger partial charge in [-0.15, -0.1) is 0 Å². The average molecular weight is 317 g/mol. The Balaban J connectivity index is 2.33. The molecular weight excluding hydrogens is 294 g/mol. The Labute approximate surface area is 125 Å². The largest absolute Gasteiger partial charge is 0.382 e. The lowest BCUT2D eigenvalue weighted by Crippen LogP contribution is -2.25. The lowest BCUT2D eigenvalue weighted by atomic mass is 10.0. The van der Waals surface area contributed by atoms with Gasteiger partial charge in [0.25, 0.3) is 0 Å². The number of anilines is 2. The molecular formula is C13H23N3O2S2. The standard InChI is InChI=1S/C13H23N3O2S2/c1-3-9-20(17,18)11-12(14)15-19-13(11)16-7-4-5-10(2)6-8-16/h10H,3-9H2,1-2H3,(H2,14,15). The van der Waals surface area contributed by atoms with E-state index >= 15 is 0 Å². The van der Waals surface area contributed by atoms with Gasteiger partial charge in [-0.1, -0.05) is 13.8 Å². The number of sulfone groups is 1. The summed E-state index contributed by atoms with van der Waals surface area (Å²) in [6, 6.07) is 0. The van der Waals surface area contributed by atoms with Crippen LogP contribution in [0.3, 0.4) is 0 Å². The van der Waals surface area contributed by atoms with Crippen LogP contribution in [-0.2, 0) is 9.84 Å². The van der Waals surface area contributed by atoms with E-state index in [1.165, 1.54) is 18.0 Å². The number of nitrogens with zero attached hydrogens (tertiary/aromatic N) is 2. The number of hydrogen-bond donors (Lipinski definition) is 1. The highest BCUT2D eigenvalue weighted by molar-refractivity contribution is 7.91. The molecule has 0 aromatic carbocycles. The second kappa shape index (κ2) is 6.30. The van der Waals surface area contributed by atoms with Crippen LogP contribution in [-0.4, -0.2) is 31.6 Å². The van der Waals surface area contributed by atoms with E-state index in [-0.39, 0.29) is 16.5 Å². The first kappa shape index (κ1) is 15.6. The summed E-state index contributed by atoms with van der Waals surface area (Å²) in [6.07, 6.45) is 3.97. The van der Waals surface area contributed by atoms with Crippen molar-refractivity contribution in [1.29, 1.82) is 0 Å². The molecule has 0 amide bonds. The molecule has 1 aromatic heterocycles. The number of nitrogen functional groups attached to an aromatic ring is 1. The Kier molecular flexibility index (Phi) is 4.90. The zero-order valence-electron chi connectivity index (χ0n) is 12.1. The molecule has 0 spiro atoms. The van der Waals surface area contributed by atoms with Gasteiger partial charge in [0.15, 0.2) is 15.7 Å². The van der Waals surface area contributed by atoms with Gasteiger partial charge in [-0.2, -0.15) is 4.37 Å². The predicted molar refractivity (Wildman–Crippen MR) is 84.1 cm³/mol. The highest BCUT2D eigenvalue weighted by Crippen LogP contribution is 2.37. The molecule has 2 N–H and O–H groups in total. The van der Waals surface area contributed by atoms with Crippen molar-refractivity contribution in [3.63, 3.8) is 0 Å². The van der Waals surface area contributed by atoms with Gasteiger partial charge in [-0.05, 0) is 43.1 Å². The van der Waals surface area contributed by atoms with Crippen LogP contribution in [0.1, 0.15) is 39.5 Å². The molecule has 1 aliphatic heterocycles. The summed E-state index contributed by atoms with van der Waals surface area (Å²) in [7, 11) is -3.32. The maximum Gasteiger partial charge on any atom is 0.185 e. The zero-order valence-corrected chi connectivity index (χ0v) is 13.8. The third-order valence-corrected chi connectivity index (χ3v) is 6.77. The molecule has 1 unspecified atom stereocenters. The summed E-state index contributed by atoms with van der Waals surface area (Å²) < 4.78 is 28.9. The van der Waals surface area contributed by atoms with Crippen molar-refractivity contribution in [2.75, 3.05) is 29.5 Å². The van der Waals surface area contributed by atoms with E-state index in [0.717, 1.165) is 30.9 Å². The second-order valence-corrected chi connectivity index (χ2v) is 8.34. The number of aromatic nitrogens is 1. The molecule has 1 atom stereocenters. The van der Waals surface area contributed by atoms with Crippen LogP contribution in [0.2, 0.25) is 0 Å². The van der Waals surface area contributed by atoms with Crippen LogP contribution in [0.25, 0.3) is 0 Å². The van der Waals surface area contributed by atoms with E-state index in [9.17, 15) is 8.42 Å². The van der Waals surface area contributed by atoms with Crippen LogP contribution < -0.4 is 10.6 Å². The third kappa shape index (κ3) is 3.25. The highest BCUT2D eigenvalue weighted by atomic mass is 32.2. The van der Waals surface area contributed by atoms with Gasteiger partial charge in [0.05, 0.1) is 5.75 Å². The van der Waals surface area contributed by atoms with Gasteiger partial charge in [0.2, 0.25) is 0 Å². The maximum absolute atomic E-state index is 12.4. The topological polar surface area (TPSA) is 76.3 Å². The summed E-state index contributed by atoms with van der Waals surface area (Å²) in [6.45, 7) is 5.89. The lowest BCUT2D eigenvalue weighted by Gasteiger charge is -2.21. The molecule has 1 fully saturated rings. The first-order chi connectivity index (χ1) is 9.45. The normalized spacial score (nSPS) is 20.9. The molecule has 114 valence electrons. The number of rotatable bonds is 4. The van der Waals surface area contributed by atoms with Gasteiger partial charge in [-0.3, -0.25) is 0 Å². The van der Waals surface area contributed by atoms with Crippen molar-refractivity contribution < 1.29 is 8.42 Å². The van der Waals surface area contributed by atoms with E-state index in [0.29, 0.717) is 12.3 Å². The Morgan fingerprint density at radius 3 is 2.85 bits per heavy atom. The fraction of sp³-hybridized carbons (Fsp3) is 0.769. The first-order valence-electron chi connectivity index (χ1n) is 7.18. The fourth-order valence-electron chi connectivity index (χ4n) is 2.62. The van der Waals surface area contributed by atoms with Crippen LogP contribution in [0.4, 0.5) is 10.8 Å². The van der Waals surface area contributed by atoms with Crippen molar-refractivity contribution in [3.8, 4) is 0 Å². The molecule has 0 radical (unpaired) electrons. The van der Waals surface area contributed by atoms with Crippen molar-refractivity contribution in [2.24, 2.45) is 5.92 Å². The highest BCUT2D eigenvalue weighted by Gasteiger charge is 2.28. The molecule has 1 aliphatic rings. The van der Waals surface area contributed by atoms with Crippen LogP contribution in [0, 0.1) is 5.92 Å². The maximum atomic E-state index is 12.4. The minimum Gasteiger partial charge on any atom is -0.382 e. The molecule has 1 aromatic rings. The van der Waals surface area contributed by atoms with Gasteiger partial charge in [0.1, 0.15) is 9.90 Å². The number of hydrogen-bond acceptors (Lipinski definition) is 6. The molecule has 0 aliphatic carbocycles. The van der Waals surface area contributed by atoms with Gasteiger partial charge >= 0.3 is 0 Å². The summed E-state index contributed by atoms with van der Waals surface area (Å²) in [5.74, 6) is 0.990. The molecule has 1 saturated heterocycles. The van der Waals surface area contributed by atoms with Gasteiger partial charge < -0.3 is 10.6 Å². The molecule has 5 nitrogen and oxygen atoms in total. The van der Waals surface area contributed by atoms with Gasteiger partial charge in [0, 0.05) is 13.1 Å². The molecule has 2 heterocycles. The van der Waals surface area contributed by atoms with Crippen LogP contribution in [0.5, 0.6) is 0 Å². The monoisotopic (exact) mass is 317 g/mol. The van der Waals surface area contributed by atoms with Crippen molar-refractivity contribution in [1.82, 2.24) is 4.37 Å². The molecule has 20 heavy (non-hydrogen) atoms. The predicted octanol–water partition coefficient (Wildman–Crippen LogP) is 2.54. The van der Waals surface area contributed by atoms with E-state index in [1.54, 1.807) is 0 Å². The third-order valence-electron chi connectivity index (χ3n) is 3.75. The minimum absolute atomic E-state index is 0.132. The van der Waals surface area contributed by atoms with E-state index in [2.05, 4.69) is 16.2 Å². The molecule has 7 heteroatoms. The van der Waals surface area contributed by atoms with Crippen molar-refractivity contribution >= 4 is 32.2 Å². The van der Waals surface area contributed by atoms with E-state index in [1.807, 2.05) is 6.92 Å². The summed E-state index contributed by atoms with van der Waals surface area (Å²) in [5.41, 5.74) is 5.82. The SMILES string of the molecule is CCCS(=O)(=O)c1c(N)nsc1N1CCCC(C)CC1. The first-order valence-corrected chi connectivity index (χ1v) is 9.61. The Morgan fingerprint density at radius 1 is 1.40 bits per heavy atom. The van der Waals surface area contributed by atoms with E-state index < -0.39 is 9.84 Å². The number of nitrogens with two attached hydrogens (primary N) is 1. The summed E-state index contributed by atoms with van der Waals surface area (Å²) in [4.78, 5) is 2.42. The molecule has 0 bridgehead atoms. The van der Waals surface area contributed by atoms with Crippen molar-refractivity contribution in [3.05, 3.63) is 0 Å². The summed E-state index contributed by atoms with van der Waals surface area (Å²) >= 11 is 1.22. The van der Waals surface area contributed by atoms with Crippen LogP contribution >= 0.6 is 11.5 Å². The minimum atomic E-state index is -3.32. The quantitative estimate of drug-likeness (QED) is 0.923. The van der Waals surface area contributed by atoms with Crippen LogP contribution in [0.15, 0.2) is 4.90 Å².